The molecule has 0 spiro atoms. The summed E-state index contributed by atoms with van der Waals surface area (Å²) in [6.45, 7) is 4.90. The van der Waals surface area contributed by atoms with Gasteiger partial charge in [0, 0.05) is 31.2 Å². The van der Waals surface area contributed by atoms with E-state index in [2.05, 4.69) is 9.62 Å². The Bertz CT molecular complexity index is 1510. The number of nitrogens with zero attached hydrogens (tertiary/aromatic N) is 2. The van der Waals surface area contributed by atoms with Crippen LogP contribution in [-0.4, -0.2) is 68.1 Å². The lowest BCUT2D eigenvalue weighted by Gasteiger charge is -2.38. The quantitative estimate of drug-likeness (QED) is 0.336. The third-order valence-corrected chi connectivity index (χ3v) is 9.11. The lowest BCUT2D eigenvalue weighted by atomic mass is 9.99. The highest BCUT2D eigenvalue weighted by Crippen LogP contribution is 2.32. The Morgan fingerprint density at radius 3 is 2.49 bits per heavy atom. The number of anilines is 1. The number of aliphatic hydroxyl groups excluding tert-OH is 1. The first-order valence-electron chi connectivity index (χ1n) is 13.0. The predicted molar refractivity (Wildman–Crippen MR) is 158 cm³/mol. The first kappa shape index (κ1) is 31.1. The first-order chi connectivity index (χ1) is 19.4. The molecule has 4 rings (SSSR count). The molecule has 0 saturated heterocycles. The van der Waals surface area contributed by atoms with E-state index in [0.29, 0.717) is 35.4 Å². The second-order valence-electron chi connectivity index (χ2n) is 10.3. The Balaban J connectivity index is 1.62. The van der Waals surface area contributed by atoms with Gasteiger partial charge in [-0.1, -0.05) is 36.2 Å². The predicted octanol–water partition coefficient (Wildman–Crippen LogP) is 5.29. The van der Waals surface area contributed by atoms with E-state index in [0.717, 1.165) is 29.8 Å². The fourth-order valence-corrected chi connectivity index (χ4v) is 6.02. The number of fused-ring (bicyclic) bond motifs is 1. The second-order valence-corrected chi connectivity index (χ2v) is 12.8. The van der Waals surface area contributed by atoms with Crippen molar-refractivity contribution in [1.29, 1.82) is 0 Å². The number of likely N-dealkylation sites (N-methyl/N-ethyl adjacent to an activating group) is 1. The number of nitrogens with one attached hydrogen (secondary N) is 1. The lowest BCUT2D eigenvalue weighted by molar-refractivity contribution is 0.0341. The molecule has 3 atom stereocenters. The van der Waals surface area contributed by atoms with Crippen molar-refractivity contribution < 1.29 is 27.4 Å². The Hall–Kier alpha value is -2.89. The lowest BCUT2D eigenvalue weighted by Crippen LogP contribution is -2.49. The van der Waals surface area contributed by atoms with E-state index < -0.39 is 21.9 Å². The Labute approximate surface area is 249 Å². The van der Waals surface area contributed by atoms with Crippen LogP contribution in [0.25, 0.3) is 0 Å². The number of benzene rings is 3. The van der Waals surface area contributed by atoms with Gasteiger partial charge in [0.05, 0.1) is 33.2 Å². The van der Waals surface area contributed by atoms with Crippen molar-refractivity contribution in [2.45, 2.75) is 37.4 Å². The van der Waals surface area contributed by atoms with Crippen LogP contribution in [0.4, 0.5) is 10.1 Å². The zero-order chi connectivity index (χ0) is 29.9. The number of ether oxygens (including phenoxy) is 1. The first-order valence-corrected chi connectivity index (χ1v) is 15.2. The summed E-state index contributed by atoms with van der Waals surface area (Å²) < 4.78 is 48.0. The fraction of sp³-hybridized carbons (Fsp3) is 0.345. The minimum Gasteiger partial charge on any atom is -0.488 e. The summed E-state index contributed by atoms with van der Waals surface area (Å²) in [7, 11) is -2.09. The van der Waals surface area contributed by atoms with Crippen molar-refractivity contribution >= 4 is 44.8 Å². The molecule has 220 valence electrons. The van der Waals surface area contributed by atoms with Crippen molar-refractivity contribution in [2.24, 2.45) is 5.92 Å². The molecule has 3 aromatic rings. The third-order valence-electron chi connectivity index (χ3n) is 6.97. The molecule has 0 aliphatic carbocycles. The standard InChI is InChI=1S/C29H32Cl2FN3O5S/c1-18-14-35(19(2)17-36)29(37)24-13-22(33-41(38,39)23-8-5-21(32)6-9-23)7-11-27(24)40-28(18)16-34(3)15-20-4-10-25(30)26(31)12-20/h4-13,18-19,28,33,36H,14-17H2,1-3H3/t18-,19-,28-/m0/s1. The topological polar surface area (TPSA) is 99.2 Å². The van der Waals surface area contributed by atoms with E-state index in [-0.39, 0.29) is 40.7 Å². The molecule has 0 unspecified atom stereocenters. The molecule has 1 amide bonds. The van der Waals surface area contributed by atoms with Crippen LogP contribution in [0.15, 0.2) is 65.6 Å². The molecule has 2 N–H and O–H groups in total. The van der Waals surface area contributed by atoms with E-state index in [1.54, 1.807) is 24.0 Å². The molecule has 1 heterocycles. The molecule has 8 nitrogen and oxygen atoms in total. The highest BCUT2D eigenvalue weighted by molar-refractivity contribution is 7.92. The van der Waals surface area contributed by atoms with Gasteiger partial charge in [0.2, 0.25) is 0 Å². The Morgan fingerprint density at radius 1 is 1.12 bits per heavy atom. The van der Waals surface area contributed by atoms with Crippen molar-refractivity contribution in [2.75, 3.05) is 31.5 Å². The normalized spacial score (nSPS) is 18.3. The van der Waals surface area contributed by atoms with Gasteiger partial charge in [-0.2, -0.15) is 0 Å². The van der Waals surface area contributed by atoms with Crippen LogP contribution >= 0.6 is 23.2 Å². The Kier molecular flexibility index (Phi) is 9.81. The van der Waals surface area contributed by atoms with Crippen molar-refractivity contribution in [3.63, 3.8) is 0 Å². The van der Waals surface area contributed by atoms with Crippen LogP contribution < -0.4 is 9.46 Å². The average Bonchev–Trinajstić information content (AvgIpc) is 2.92. The van der Waals surface area contributed by atoms with Gasteiger partial charge in [-0.15, -0.1) is 0 Å². The van der Waals surface area contributed by atoms with Crippen molar-refractivity contribution in [1.82, 2.24) is 9.80 Å². The SMILES string of the molecule is C[C@H]1CN([C@@H](C)CO)C(=O)c2cc(NS(=O)(=O)c3ccc(F)cc3)ccc2O[C@H]1CN(C)Cc1ccc(Cl)c(Cl)c1. The minimum atomic E-state index is -4.04. The van der Waals surface area contributed by atoms with E-state index in [1.807, 2.05) is 26.1 Å². The number of aliphatic hydroxyl groups is 1. The smallest absolute Gasteiger partial charge is 0.261 e. The Morgan fingerprint density at radius 2 is 1.83 bits per heavy atom. The number of rotatable bonds is 9. The minimum absolute atomic E-state index is 0.103. The summed E-state index contributed by atoms with van der Waals surface area (Å²) >= 11 is 12.2. The molecular formula is C29H32Cl2FN3O5S. The summed E-state index contributed by atoms with van der Waals surface area (Å²) in [5.74, 6) is -0.750. The van der Waals surface area contributed by atoms with Gasteiger partial charge >= 0.3 is 0 Å². The highest BCUT2D eigenvalue weighted by Gasteiger charge is 2.33. The second kappa shape index (κ2) is 13.0. The van der Waals surface area contributed by atoms with Gasteiger partial charge in [0.1, 0.15) is 17.7 Å². The summed E-state index contributed by atoms with van der Waals surface area (Å²) in [4.78, 5) is 17.2. The van der Waals surface area contributed by atoms with Crippen LogP contribution in [0, 0.1) is 11.7 Å². The van der Waals surface area contributed by atoms with E-state index in [4.69, 9.17) is 27.9 Å². The largest absolute Gasteiger partial charge is 0.488 e. The molecule has 3 aromatic carbocycles. The molecule has 1 aliphatic heterocycles. The van der Waals surface area contributed by atoms with Crippen LogP contribution in [0.5, 0.6) is 5.75 Å². The van der Waals surface area contributed by atoms with Crippen LogP contribution in [0.3, 0.4) is 0 Å². The van der Waals surface area contributed by atoms with E-state index >= 15 is 0 Å². The fourth-order valence-electron chi connectivity index (χ4n) is 4.65. The average molecular weight is 625 g/mol. The van der Waals surface area contributed by atoms with Crippen LogP contribution in [0.1, 0.15) is 29.8 Å². The summed E-state index contributed by atoms with van der Waals surface area (Å²) in [6, 6.07) is 13.9. The number of sulfonamides is 1. The molecule has 0 radical (unpaired) electrons. The van der Waals surface area contributed by atoms with Gasteiger partial charge in [0.15, 0.2) is 0 Å². The van der Waals surface area contributed by atoms with E-state index in [9.17, 15) is 22.7 Å². The van der Waals surface area contributed by atoms with Crippen LogP contribution in [0.2, 0.25) is 10.0 Å². The molecule has 0 fully saturated rings. The van der Waals surface area contributed by atoms with Gasteiger partial charge in [-0.25, -0.2) is 12.8 Å². The number of hydrogen-bond donors (Lipinski definition) is 2. The number of halogens is 3. The summed E-state index contributed by atoms with van der Waals surface area (Å²) in [5, 5.41) is 10.9. The highest BCUT2D eigenvalue weighted by atomic mass is 35.5. The maximum absolute atomic E-state index is 13.7. The number of carbonyl (C=O) groups excluding carboxylic acids is 1. The third kappa shape index (κ3) is 7.50. The monoisotopic (exact) mass is 623 g/mol. The maximum atomic E-state index is 13.7. The summed E-state index contributed by atoms with van der Waals surface area (Å²) in [6.07, 6.45) is -0.343. The zero-order valence-corrected chi connectivity index (χ0v) is 25.2. The number of hydrogen-bond acceptors (Lipinski definition) is 6. The van der Waals surface area contributed by atoms with Gasteiger partial charge < -0.3 is 14.7 Å². The number of carbonyl (C=O) groups is 1. The van der Waals surface area contributed by atoms with Gasteiger partial charge in [-0.05, 0) is 74.1 Å². The molecular weight excluding hydrogens is 592 g/mol. The van der Waals surface area contributed by atoms with Crippen molar-refractivity contribution in [3.05, 3.63) is 87.7 Å². The van der Waals surface area contributed by atoms with E-state index in [1.165, 1.54) is 12.1 Å². The van der Waals surface area contributed by atoms with Gasteiger partial charge in [-0.3, -0.25) is 14.4 Å². The molecule has 0 saturated carbocycles. The molecule has 0 aromatic heterocycles. The van der Waals surface area contributed by atoms with Crippen molar-refractivity contribution in [3.8, 4) is 5.75 Å². The van der Waals surface area contributed by atoms with Crippen LogP contribution in [-0.2, 0) is 16.6 Å². The summed E-state index contributed by atoms with van der Waals surface area (Å²) in [5.41, 5.74) is 1.28. The van der Waals surface area contributed by atoms with Gasteiger partial charge in [0.25, 0.3) is 15.9 Å². The number of amides is 1. The maximum Gasteiger partial charge on any atom is 0.261 e. The zero-order valence-electron chi connectivity index (χ0n) is 22.9. The molecule has 0 bridgehead atoms. The molecule has 41 heavy (non-hydrogen) atoms. The molecule has 12 heteroatoms. The molecule has 1 aliphatic rings.